The predicted octanol–water partition coefficient (Wildman–Crippen LogP) is 1.71. The average molecular weight is 206 g/mol. The molecule has 0 fully saturated rings. The average Bonchev–Trinajstić information content (AvgIpc) is 2.29. The Kier molecular flexibility index (Phi) is 2.33. The molecule has 0 amide bonds. The van der Waals surface area contributed by atoms with Gasteiger partial charge in [-0.3, -0.25) is 4.79 Å². The Hall–Kier alpha value is -1.97. The van der Waals surface area contributed by atoms with Gasteiger partial charge in [0.25, 0.3) is 0 Å². The highest BCUT2D eigenvalue weighted by molar-refractivity contribution is 6.11. The summed E-state index contributed by atoms with van der Waals surface area (Å²) in [4.78, 5) is 11.7. The number of hydrogen-bond donors (Lipinski definition) is 1. The summed E-state index contributed by atoms with van der Waals surface area (Å²) < 4.78 is 10.3. The SMILES string of the molecule is COc1ccc2c(c1)OC/C(=C/O)C2=O. The van der Waals surface area contributed by atoms with E-state index in [1.54, 1.807) is 25.3 Å². The zero-order valence-corrected chi connectivity index (χ0v) is 8.19. The van der Waals surface area contributed by atoms with Crippen molar-refractivity contribution in [2.24, 2.45) is 0 Å². The Morgan fingerprint density at radius 2 is 2.33 bits per heavy atom. The van der Waals surface area contributed by atoms with E-state index in [1.165, 1.54) is 0 Å². The van der Waals surface area contributed by atoms with Crippen molar-refractivity contribution in [1.82, 2.24) is 0 Å². The highest BCUT2D eigenvalue weighted by Crippen LogP contribution is 2.30. The van der Waals surface area contributed by atoms with Gasteiger partial charge in [-0.05, 0) is 12.1 Å². The maximum absolute atomic E-state index is 11.7. The molecule has 0 bridgehead atoms. The van der Waals surface area contributed by atoms with Crippen LogP contribution in [0.4, 0.5) is 0 Å². The Morgan fingerprint density at radius 1 is 1.53 bits per heavy atom. The van der Waals surface area contributed by atoms with E-state index < -0.39 is 0 Å². The molecule has 0 aromatic heterocycles. The topological polar surface area (TPSA) is 55.8 Å². The van der Waals surface area contributed by atoms with Crippen LogP contribution in [0.5, 0.6) is 11.5 Å². The first-order chi connectivity index (χ1) is 7.26. The predicted molar refractivity (Wildman–Crippen MR) is 53.5 cm³/mol. The number of aliphatic hydroxyl groups excluding tert-OH is 1. The van der Waals surface area contributed by atoms with Gasteiger partial charge in [0.15, 0.2) is 5.78 Å². The first-order valence-corrected chi connectivity index (χ1v) is 4.45. The molecule has 0 unspecified atom stereocenters. The molecule has 1 N–H and O–H groups in total. The molecule has 1 aromatic carbocycles. The van der Waals surface area contributed by atoms with Gasteiger partial charge in [-0.1, -0.05) is 0 Å². The molecule has 15 heavy (non-hydrogen) atoms. The maximum atomic E-state index is 11.7. The second kappa shape index (κ2) is 3.65. The first kappa shape index (κ1) is 9.58. The highest BCUT2D eigenvalue weighted by atomic mass is 16.5. The zero-order chi connectivity index (χ0) is 10.8. The van der Waals surface area contributed by atoms with Crippen molar-refractivity contribution >= 4 is 5.78 Å². The molecule has 1 aliphatic heterocycles. The third-order valence-corrected chi connectivity index (χ3v) is 2.26. The highest BCUT2D eigenvalue weighted by Gasteiger charge is 2.23. The van der Waals surface area contributed by atoms with Gasteiger partial charge in [0.2, 0.25) is 0 Å². The van der Waals surface area contributed by atoms with Gasteiger partial charge < -0.3 is 14.6 Å². The number of methoxy groups -OCH3 is 1. The number of hydrogen-bond acceptors (Lipinski definition) is 4. The molecule has 0 saturated carbocycles. The fourth-order valence-corrected chi connectivity index (χ4v) is 1.43. The number of carbonyl (C=O) groups is 1. The summed E-state index contributed by atoms with van der Waals surface area (Å²) in [7, 11) is 1.55. The molecule has 0 aliphatic carbocycles. The van der Waals surface area contributed by atoms with Crippen molar-refractivity contribution in [3.05, 3.63) is 35.6 Å². The molecular weight excluding hydrogens is 196 g/mol. The molecule has 0 atom stereocenters. The fraction of sp³-hybridized carbons (Fsp3) is 0.182. The van der Waals surface area contributed by atoms with Crippen molar-refractivity contribution in [2.75, 3.05) is 13.7 Å². The van der Waals surface area contributed by atoms with E-state index >= 15 is 0 Å². The monoisotopic (exact) mass is 206 g/mol. The molecule has 78 valence electrons. The van der Waals surface area contributed by atoms with E-state index in [2.05, 4.69) is 0 Å². The van der Waals surface area contributed by atoms with Crippen LogP contribution in [-0.4, -0.2) is 24.6 Å². The van der Waals surface area contributed by atoms with E-state index in [0.717, 1.165) is 6.26 Å². The minimum absolute atomic E-state index is 0.0928. The van der Waals surface area contributed by atoms with Gasteiger partial charge in [-0.25, -0.2) is 0 Å². The van der Waals surface area contributed by atoms with E-state index in [1.807, 2.05) is 0 Å². The molecule has 1 aliphatic rings. The van der Waals surface area contributed by atoms with Crippen LogP contribution in [0.1, 0.15) is 10.4 Å². The van der Waals surface area contributed by atoms with E-state index in [4.69, 9.17) is 14.6 Å². The zero-order valence-electron chi connectivity index (χ0n) is 8.19. The standard InChI is InChI=1S/C11H10O4/c1-14-8-2-3-9-10(4-8)15-6-7(5-12)11(9)13/h2-5,12H,6H2,1H3/b7-5-. The van der Waals surface area contributed by atoms with E-state index in [9.17, 15) is 4.79 Å². The van der Waals surface area contributed by atoms with Crippen LogP contribution in [0.15, 0.2) is 30.0 Å². The lowest BCUT2D eigenvalue weighted by Gasteiger charge is -2.18. The maximum Gasteiger partial charge on any atom is 0.199 e. The third kappa shape index (κ3) is 1.54. The minimum atomic E-state index is -0.207. The number of rotatable bonds is 1. The summed E-state index contributed by atoms with van der Waals surface area (Å²) in [5.74, 6) is 0.921. The van der Waals surface area contributed by atoms with Gasteiger partial charge in [0.1, 0.15) is 18.1 Å². The van der Waals surface area contributed by atoms with Crippen molar-refractivity contribution in [3.63, 3.8) is 0 Å². The summed E-state index contributed by atoms with van der Waals surface area (Å²) in [5, 5.41) is 8.80. The lowest BCUT2D eigenvalue weighted by Crippen LogP contribution is -2.19. The van der Waals surface area contributed by atoms with E-state index in [0.29, 0.717) is 17.1 Å². The lowest BCUT2D eigenvalue weighted by atomic mass is 10.0. The van der Waals surface area contributed by atoms with Crippen molar-refractivity contribution in [3.8, 4) is 11.5 Å². The number of ether oxygens (including phenoxy) is 2. The quantitative estimate of drug-likeness (QED) is 0.561. The van der Waals surface area contributed by atoms with Crippen LogP contribution in [0.3, 0.4) is 0 Å². The van der Waals surface area contributed by atoms with Gasteiger partial charge in [-0.15, -0.1) is 0 Å². The molecule has 4 nitrogen and oxygen atoms in total. The first-order valence-electron chi connectivity index (χ1n) is 4.45. The number of carbonyl (C=O) groups excluding carboxylic acids is 1. The summed E-state index contributed by atoms with van der Waals surface area (Å²) in [6.07, 6.45) is 0.787. The van der Waals surface area contributed by atoms with Crippen LogP contribution in [-0.2, 0) is 0 Å². The number of benzene rings is 1. The Bertz CT molecular complexity index is 434. The van der Waals surface area contributed by atoms with Crippen LogP contribution in [0.25, 0.3) is 0 Å². The Labute approximate surface area is 86.7 Å². The number of fused-ring (bicyclic) bond motifs is 1. The summed E-state index contributed by atoms with van der Waals surface area (Å²) >= 11 is 0. The molecule has 0 radical (unpaired) electrons. The Morgan fingerprint density at radius 3 is 3.00 bits per heavy atom. The summed E-state index contributed by atoms with van der Waals surface area (Å²) in [6.45, 7) is 0.0928. The largest absolute Gasteiger partial charge is 0.515 e. The summed E-state index contributed by atoms with van der Waals surface area (Å²) in [5.41, 5.74) is 0.704. The molecular formula is C11H10O4. The minimum Gasteiger partial charge on any atom is -0.515 e. The number of Topliss-reactive ketones (excluding diaryl/α,β-unsaturated/α-hetero) is 1. The van der Waals surface area contributed by atoms with Gasteiger partial charge in [0.05, 0.1) is 24.5 Å². The summed E-state index contributed by atoms with van der Waals surface area (Å²) in [6, 6.07) is 4.96. The molecule has 4 heteroatoms. The van der Waals surface area contributed by atoms with Crippen molar-refractivity contribution in [2.45, 2.75) is 0 Å². The second-order valence-electron chi connectivity index (χ2n) is 3.13. The van der Waals surface area contributed by atoms with E-state index in [-0.39, 0.29) is 18.0 Å². The fourth-order valence-electron chi connectivity index (χ4n) is 1.43. The van der Waals surface area contributed by atoms with Crippen LogP contribution >= 0.6 is 0 Å². The van der Waals surface area contributed by atoms with Gasteiger partial charge in [0, 0.05) is 6.07 Å². The molecule has 2 rings (SSSR count). The lowest BCUT2D eigenvalue weighted by molar-refractivity contribution is 0.0995. The van der Waals surface area contributed by atoms with Crippen LogP contribution < -0.4 is 9.47 Å². The van der Waals surface area contributed by atoms with Crippen molar-refractivity contribution < 1.29 is 19.4 Å². The van der Waals surface area contributed by atoms with Crippen LogP contribution in [0, 0.1) is 0 Å². The van der Waals surface area contributed by atoms with Crippen molar-refractivity contribution in [1.29, 1.82) is 0 Å². The third-order valence-electron chi connectivity index (χ3n) is 2.26. The molecule has 0 saturated heterocycles. The van der Waals surface area contributed by atoms with Gasteiger partial charge >= 0.3 is 0 Å². The number of ketones is 1. The normalized spacial score (nSPS) is 17.1. The molecule has 1 aromatic rings. The molecule has 0 spiro atoms. The van der Waals surface area contributed by atoms with Crippen LogP contribution in [0.2, 0.25) is 0 Å². The number of aliphatic hydroxyl groups is 1. The van der Waals surface area contributed by atoms with Gasteiger partial charge in [-0.2, -0.15) is 0 Å². The second-order valence-corrected chi connectivity index (χ2v) is 3.13. The molecule has 1 heterocycles. The Balaban J connectivity index is 2.46. The smallest absolute Gasteiger partial charge is 0.199 e.